The molecule has 2 rings (SSSR count). The van der Waals surface area contributed by atoms with E-state index in [1.807, 2.05) is 0 Å². The van der Waals surface area contributed by atoms with Crippen molar-refractivity contribution in [1.82, 2.24) is 0 Å². The number of carbonyl (C=O) groups is 2. The van der Waals surface area contributed by atoms with Crippen LogP contribution >= 0.6 is 0 Å². The van der Waals surface area contributed by atoms with Crippen LogP contribution in [0.4, 0.5) is 0 Å². The van der Waals surface area contributed by atoms with E-state index < -0.39 is 21.8 Å². The second kappa shape index (κ2) is 7.93. The average Bonchev–Trinajstić information content (AvgIpc) is 2.54. The van der Waals surface area contributed by atoms with Gasteiger partial charge in [0, 0.05) is 0 Å². The Kier molecular flexibility index (Phi) is 6.23. The molecule has 0 unspecified atom stereocenters. The molecule has 9 nitrogen and oxygen atoms in total. The van der Waals surface area contributed by atoms with Crippen LogP contribution in [-0.2, 0) is 9.84 Å². The van der Waals surface area contributed by atoms with Crippen molar-refractivity contribution in [3.8, 4) is 0 Å². The SMILES string of the molecule is N=C(N)N.O=C(O)c1ccc(S(=O)(=O)c2ccc(C(=O)O)cc2)cc1. The van der Waals surface area contributed by atoms with E-state index in [0.29, 0.717) is 0 Å². The second-order valence-electron chi connectivity index (χ2n) is 4.62. The third-order valence-corrected chi connectivity index (χ3v) is 4.61. The Morgan fingerprint density at radius 3 is 1.20 bits per heavy atom. The summed E-state index contributed by atoms with van der Waals surface area (Å²) in [5, 5.41) is 23.6. The number of aromatic carboxylic acids is 2. The van der Waals surface area contributed by atoms with Crippen molar-refractivity contribution in [2.24, 2.45) is 11.5 Å². The number of nitrogens with one attached hydrogen (secondary N) is 1. The highest BCUT2D eigenvalue weighted by molar-refractivity contribution is 7.91. The molecule has 132 valence electrons. The van der Waals surface area contributed by atoms with Gasteiger partial charge in [-0.3, -0.25) is 5.41 Å². The van der Waals surface area contributed by atoms with Crippen molar-refractivity contribution in [2.45, 2.75) is 9.79 Å². The minimum atomic E-state index is -3.81. The molecule has 0 spiro atoms. The van der Waals surface area contributed by atoms with Gasteiger partial charge in [0.15, 0.2) is 5.96 Å². The normalized spacial score (nSPS) is 10.2. The number of hydrogen-bond donors (Lipinski definition) is 5. The summed E-state index contributed by atoms with van der Waals surface area (Å²) >= 11 is 0. The molecule has 0 aliphatic carbocycles. The molecular weight excluding hydrogens is 350 g/mol. The molecule has 0 amide bonds. The lowest BCUT2D eigenvalue weighted by Gasteiger charge is -2.05. The van der Waals surface area contributed by atoms with Crippen LogP contribution in [0, 0.1) is 5.41 Å². The second-order valence-corrected chi connectivity index (χ2v) is 6.57. The van der Waals surface area contributed by atoms with Crippen LogP contribution < -0.4 is 11.5 Å². The Morgan fingerprint density at radius 2 is 1.00 bits per heavy atom. The van der Waals surface area contributed by atoms with Crippen molar-refractivity contribution in [2.75, 3.05) is 0 Å². The van der Waals surface area contributed by atoms with Gasteiger partial charge in [0.05, 0.1) is 20.9 Å². The summed E-state index contributed by atoms with van der Waals surface area (Å²) in [4.78, 5) is 21.3. The standard InChI is InChI=1S/C14H10O6S.CH5N3/c15-13(16)9-1-5-11(6-2-9)21(19,20)12-7-3-10(4-8-12)14(17)18;2-1(3)4/h1-8H,(H,15,16)(H,17,18);(H5,2,3,4). The van der Waals surface area contributed by atoms with Gasteiger partial charge in [-0.1, -0.05) is 0 Å². The van der Waals surface area contributed by atoms with Crippen LogP contribution in [0.1, 0.15) is 20.7 Å². The van der Waals surface area contributed by atoms with Crippen LogP contribution in [0.3, 0.4) is 0 Å². The number of carboxylic acid groups (broad SMARTS) is 2. The summed E-state index contributed by atoms with van der Waals surface area (Å²) in [5.74, 6) is -2.63. The maximum absolute atomic E-state index is 12.3. The first-order chi connectivity index (χ1) is 11.6. The maximum Gasteiger partial charge on any atom is 0.335 e. The minimum Gasteiger partial charge on any atom is -0.478 e. The summed E-state index contributed by atoms with van der Waals surface area (Å²) in [5.41, 5.74) is 8.91. The molecule has 0 aliphatic rings. The predicted molar refractivity (Wildman–Crippen MR) is 88.4 cm³/mol. The first-order valence-electron chi connectivity index (χ1n) is 6.57. The Morgan fingerprint density at radius 1 is 0.760 bits per heavy atom. The topological polar surface area (TPSA) is 185 Å². The smallest absolute Gasteiger partial charge is 0.335 e. The molecule has 0 saturated heterocycles. The molecular formula is C15H15N3O6S. The van der Waals surface area contributed by atoms with E-state index in [1.54, 1.807) is 0 Å². The third-order valence-electron chi connectivity index (χ3n) is 2.82. The molecule has 0 aromatic heterocycles. The lowest BCUT2D eigenvalue weighted by atomic mass is 10.2. The van der Waals surface area contributed by atoms with E-state index in [9.17, 15) is 18.0 Å². The molecule has 7 N–H and O–H groups in total. The Hall–Kier alpha value is -3.40. The number of hydrogen-bond acceptors (Lipinski definition) is 5. The quantitative estimate of drug-likeness (QED) is 0.388. The molecule has 0 atom stereocenters. The van der Waals surface area contributed by atoms with Gasteiger partial charge in [0.25, 0.3) is 0 Å². The molecule has 0 bridgehead atoms. The molecule has 0 aliphatic heterocycles. The minimum absolute atomic E-state index is 0.0184. The van der Waals surface area contributed by atoms with E-state index in [1.165, 1.54) is 48.5 Å². The summed E-state index contributed by atoms with van der Waals surface area (Å²) in [6.07, 6.45) is 0. The molecule has 25 heavy (non-hydrogen) atoms. The summed E-state index contributed by atoms with van der Waals surface area (Å²) in [7, 11) is -3.81. The molecule has 0 heterocycles. The van der Waals surface area contributed by atoms with E-state index >= 15 is 0 Å². The van der Waals surface area contributed by atoms with E-state index in [2.05, 4.69) is 11.5 Å². The van der Waals surface area contributed by atoms with Gasteiger partial charge in [0.2, 0.25) is 9.84 Å². The maximum atomic E-state index is 12.3. The summed E-state index contributed by atoms with van der Waals surface area (Å²) < 4.78 is 24.6. The number of guanidine groups is 1. The van der Waals surface area contributed by atoms with Crippen LogP contribution in [0.25, 0.3) is 0 Å². The fraction of sp³-hybridized carbons (Fsp3) is 0. The number of sulfone groups is 1. The van der Waals surface area contributed by atoms with Crippen molar-refractivity contribution in [1.29, 1.82) is 5.41 Å². The molecule has 0 radical (unpaired) electrons. The summed E-state index contributed by atoms with van der Waals surface area (Å²) in [6, 6.07) is 9.57. The highest BCUT2D eigenvalue weighted by Crippen LogP contribution is 2.21. The largest absolute Gasteiger partial charge is 0.478 e. The zero-order valence-electron chi connectivity index (χ0n) is 12.7. The van der Waals surface area contributed by atoms with E-state index in [-0.39, 0.29) is 26.9 Å². The molecule has 2 aromatic rings. The fourth-order valence-corrected chi connectivity index (χ4v) is 2.95. The lowest BCUT2D eigenvalue weighted by Crippen LogP contribution is -2.20. The van der Waals surface area contributed by atoms with Gasteiger partial charge in [-0.25, -0.2) is 18.0 Å². The third kappa shape index (κ3) is 5.32. The number of nitrogens with two attached hydrogens (primary N) is 2. The highest BCUT2D eigenvalue weighted by Gasteiger charge is 2.18. The molecule has 10 heteroatoms. The first kappa shape index (κ1) is 19.6. The monoisotopic (exact) mass is 365 g/mol. The fourth-order valence-electron chi connectivity index (χ4n) is 1.69. The van der Waals surface area contributed by atoms with Gasteiger partial charge in [-0.2, -0.15) is 0 Å². The van der Waals surface area contributed by atoms with Crippen molar-refractivity contribution < 1.29 is 28.2 Å². The van der Waals surface area contributed by atoms with Crippen molar-refractivity contribution in [3.63, 3.8) is 0 Å². The first-order valence-corrected chi connectivity index (χ1v) is 8.05. The van der Waals surface area contributed by atoms with Crippen molar-refractivity contribution in [3.05, 3.63) is 59.7 Å². The molecule has 2 aromatic carbocycles. The van der Waals surface area contributed by atoms with Gasteiger partial charge in [-0.15, -0.1) is 0 Å². The van der Waals surface area contributed by atoms with Gasteiger partial charge in [-0.05, 0) is 48.5 Å². The number of carboxylic acids is 2. The van der Waals surface area contributed by atoms with Gasteiger partial charge < -0.3 is 21.7 Å². The Labute approximate surface area is 142 Å². The van der Waals surface area contributed by atoms with Crippen LogP contribution in [0.5, 0.6) is 0 Å². The lowest BCUT2D eigenvalue weighted by molar-refractivity contribution is 0.0686. The zero-order valence-corrected chi connectivity index (χ0v) is 13.5. The number of rotatable bonds is 4. The average molecular weight is 365 g/mol. The number of benzene rings is 2. The molecule has 0 saturated carbocycles. The van der Waals surface area contributed by atoms with Crippen LogP contribution in [-0.4, -0.2) is 36.5 Å². The van der Waals surface area contributed by atoms with E-state index in [4.69, 9.17) is 15.6 Å². The Bertz CT molecular complexity index is 822. The van der Waals surface area contributed by atoms with Gasteiger partial charge >= 0.3 is 11.9 Å². The van der Waals surface area contributed by atoms with Crippen LogP contribution in [0.15, 0.2) is 58.3 Å². The zero-order chi connectivity index (χ0) is 19.2. The Balaban J connectivity index is 0.000000705. The van der Waals surface area contributed by atoms with Crippen LogP contribution in [0.2, 0.25) is 0 Å². The van der Waals surface area contributed by atoms with Crippen molar-refractivity contribution >= 4 is 27.7 Å². The summed E-state index contributed by atoms with van der Waals surface area (Å²) in [6.45, 7) is 0. The van der Waals surface area contributed by atoms with Gasteiger partial charge in [0.1, 0.15) is 0 Å². The predicted octanol–water partition coefficient (Wildman–Crippen LogP) is 0.754. The highest BCUT2D eigenvalue weighted by atomic mass is 32.2. The van der Waals surface area contributed by atoms with E-state index in [0.717, 1.165) is 0 Å². The molecule has 0 fully saturated rings.